The molecule has 146 valence electrons. The molecule has 0 aromatic heterocycles. The first kappa shape index (κ1) is 20.4. The van der Waals surface area contributed by atoms with Gasteiger partial charge in [-0.25, -0.2) is 5.21 Å². The number of anilines is 1. The van der Waals surface area contributed by atoms with Gasteiger partial charge in [0.25, 0.3) is 0 Å². The molecule has 0 unspecified atom stereocenters. The van der Waals surface area contributed by atoms with Crippen LogP contribution >= 0.6 is 0 Å². The Labute approximate surface area is 160 Å². The van der Waals surface area contributed by atoms with Crippen molar-refractivity contribution in [3.05, 3.63) is 64.6 Å². The average Bonchev–Trinajstić information content (AvgIpc) is 2.70. The maximum absolute atomic E-state index is 12.1. The van der Waals surface area contributed by atoms with Crippen LogP contribution in [0.5, 0.6) is 11.5 Å². The fraction of sp³-hybridized carbons (Fsp3) is 0.158. The largest absolute Gasteiger partial charge is 0.493 e. The minimum absolute atomic E-state index is 0.0173. The molecule has 0 aliphatic rings. The monoisotopic (exact) mass is 387 g/mol. The normalized spacial score (nSPS) is 10.3. The van der Waals surface area contributed by atoms with Gasteiger partial charge in [-0.15, -0.1) is 0 Å². The molecule has 0 atom stereocenters. The van der Waals surface area contributed by atoms with E-state index in [-0.39, 0.29) is 13.2 Å². The molecule has 2 rings (SSSR count). The van der Waals surface area contributed by atoms with Crippen molar-refractivity contribution in [1.29, 1.82) is 0 Å². The number of carbonyl (C=O) groups excluding carboxylic acids is 2. The Bertz CT molecular complexity index is 880. The van der Waals surface area contributed by atoms with E-state index >= 15 is 0 Å². The number of benzene rings is 2. The van der Waals surface area contributed by atoms with Gasteiger partial charge >= 0.3 is 5.09 Å². The fourth-order valence-corrected chi connectivity index (χ4v) is 2.23. The standard InChI is InChI=1S/C19H18N2O7/c1-26-18-12-14(6-8-17(18)27-10-11-28-21(24)25)7-9-19(23)20-16-5-3-2-4-15(16)13-22/h2-9,12-13H,10-11H2,1H3,(H-,20,22,23,24,25)/p+1/b9-7+. The van der Waals surface area contributed by atoms with E-state index in [1.54, 1.807) is 48.5 Å². The third-order valence-electron chi connectivity index (χ3n) is 3.50. The van der Waals surface area contributed by atoms with Crippen molar-refractivity contribution in [2.45, 2.75) is 0 Å². The number of amides is 1. The van der Waals surface area contributed by atoms with Gasteiger partial charge in [-0.05, 0) is 35.9 Å². The molecular formula is C19H19N2O7+. The predicted molar refractivity (Wildman–Crippen MR) is 99.3 cm³/mol. The molecule has 0 saturated heterocycles. The topological polar surface area (TPSA) is 114 Å². The summed E-state index contributed by atoms with van der Waals surface area (Å²) >= 11 is 0. The summed E-state index contributed by atoms with van der Waals surface area (Å²) in [7, 11) is 1.46. The van der Waals surface area contributed by atoms with Crippen LogP contribution in [-0.2, 0) is 9.63 Å². The smallest absolute Gasteiger partial charge is 0.475 e. The summed E-state index contributed by atoms with van der Waals surface area (Å²) < 4.78 is 10.6. The van der Waals surface area contributed by atoms with Crippen LogP contribution < -0.4 is 14.8 Å². The number of rotatable bonds is 10. The Morgan fingerprint density at radius 1 is 1.18 bits per heavy atom. The molecule has 1 amide bonds. The van der Waals surface area contributed by atoms with Crippen LogP contribution in [0.4, 0.5) is 5.69 Å². The summed E-state index contributed by atoms with van der Waals surface area (Å²) in [6.45, 7) is -0.128. The molecule has 0 spiro atoms. The highest BCUT2D eigenvalue weighted by atomic mass is 17.0. The lowest BCUT2D eigenvalue weighted by Crippen LogP contribution is -2.12. The van der Waals surface area contributed by atoms with Crippen molar-refractivity contribution in [2.75, 3.05) is 25.6 Å². The number of carbonyl (C=O) groups is 2. The van der Waals surface area contributed by atoms with Crippen molar-refractivity contribution in [3.63, 3.8) is 0 Å². The predicted octanol–water partition coefficient (Wildman–Crippen LogP) is 2.64. The van der Waals surface area contributed by atoms with Gasteiger partial charge in [-0.2, -0.15) is 4.84 Å². The summed E-state index contributed by atoms with van der Waals surface area (Å²) in [5.74, 6) is 0.428. The molecular weight excluding hydrogens is 368 g/mol. The van der Waals surface area contributed by atoms with E-state index in [1.165, 1.54) is 13.2 Å². The van der Waals surface area contributed by atoms with Crippen molar-refractivity contribution in [2.24, 2.45) is 0 Å². The number of hydrogen-bond donors (Lipinski definition) is 2. The minimum Gasteiger partial charge on any atom is -0.493 e. The van der Waals surface area contributed by atoms with E-state index in [9.17, 15) is 14.5 Å². The van der Waals surface area contributed by atoms with Gasteiger partial charge in [0.05, 0.1) is 12.8 Å². The van der Waals surface area contributed by atoms with E-state index in [0.717, 1.165) is 0 Å². The summed E-state index contributed by atoms with van der Waals surface area (Å²) in [6.07, 6.45) is 3.58. The number of methoxy groups -OCH3 is 1. The van der Waals surface area contributed by atoms with Crippen molar-refractivity contribution < 1.29 is 34.2 Å². The van der Waals surface area contributed by atoms with Crippen molar-refractivity contribution in [3.8, 4) is 11.5 Å². The lowest BCUT2D eigenvalue weighted by Gasteiger charge is -2.10. The van der Waals surface area contributed by atoms with E-state index < -0.39 is 11.0 Å². The second kappa shape index (κ2) is 10.3. The zero-order valence-corrected chi connectivity index (χ0v) is 15.0. The van der Waals surface area contributed by atoms with Crippen LogP contribution in [0.3, 0.4) is 0 Å². The molecule has 0 aliphatic carbocycles. The molecule has 9 heteroatoms. The molecule has 0 saturated carbocycles. The number of ether oxygens (including phenoxy) is 2. The van der Waals surface area contributed by atoms with E-state index in [2.05, 4.69) is 10.2 Å². The van der Waals surface area contributed by atoms with E-state index in [0.29, 0.717) is 34.6 Å². The Morgan fingerprint density at radius 3 is 2.68 bits per heavy atom. The fourth-order valence-electron chi connectivity index (χ4n) is 2.23. The number of hydrogen-bond acceptors (Lipinski definition) is 6. The van der Waals surface area contributed by atoms with Crippen LogP contribution in [0.15, 0.2) is 48.5 Å². The second-order valence-corrected chi connectivity index (χ2v) is 5.36. The molecule has 2 aromatic rings. The lowest BCUT2D eigenvalue weighted by atomic mass is 10.1. The molecule has 0 fully saturated rings. The molecule has 0 bridgehead atoms. The SMILES string of the molecule is COc1cc(/C=C/C(=O)Nc2ccccc2C=O)ccc1OCCO[N+](=O)O. The highest BCUT2D eigenvalue weighted by Gasteiger charge is 2.08. The van der Waals surface area contributed by atoms with Gasteiger partial charge in [0.2, 0.25) is 12.5 Å². The first-order valence-corrected chi connectivity index (χ1v) is 8.16. The number of aldehydes is 1. The third kappa shape index (κ3) is 6.13. The van der Waals surface area contributed by atoms with Crippen LogP contribution in [0, 0.1) is 4.91 Å². The second-order valence-electron chi connectivity index (χ2n) is 5.36. The summed E-state index contributed by atoms with van der Waals surface area (Å²) in [6, 6.07) is 11.7. The van der Waals surface area contributed by atoms with Gasteiger partial charge in [0.1, 0.15) is 11.5 Å². The maximum Gasteiger partial charge on any atom is 0.475 e. The third-order valence-corrected chi connectivity index (χ3v) is 3.50. The summed E-state index contributed by atoms with van der Waals surface area (Å²) in [5, 5.41) is 10.3. The van der Waals surface area contributed by atoms with Gasteiger partial charge in [0.15, 0.2) is 17.8 Å². The van der Waals surface area contributed by atoms with Crippen LogP contribution in [-0.4, -0.2) is 42.8 Å². The molecule has 0 radical (unpaired) electrons. The molecule has 28 heavy (non-hydrogen) atoms. The van der Waals surface area contributed by atoms with Gasteiger partial charge in [-0.1, -0.05) is 18.2 Å². The Kier molecular flexibility index (Phi) is 7.53. The Hall–Kier alpha value is -3.88. The molecule has 0 heterocycles. The highest BCUT2D eigenvalue weighted by Crippen LogP contribution is 2.28. The maximum atomic E-state index is 12.1. The van der Waals surface area contributed by atoms with E-state index in [4.69, 9.17) is 14.7 Å². The summed E-state index contributed by atoms with van der Waals surface area (Å²) in [4.78, 5) is 37.6. The highest BCUT2D eigenvalue weighted by molar-refractivity contribution is 6.04. The number of nitrogens with zero attached hydrogens (tertiary/aromatic N) is 1. The summed E-state index contributed by atoms with van der Waals surface area (Å²) in [5.41, 5.74) is 1.49. The van der Waals surface area contributed by atoms with Crippen LogP contribution in [0.2, 0.25) is 0 Å². The minimum atomic E-state index is -0.646. The molecule has 2 aromatic carbocycles. The molecule has 9 nitrogen and oxygen atoms in total. The van der Waals surface area contributed by atoms with Gasteiger partial charge in [0, 0.05) is 11.6 Å². The first-order valence-electron chi connectivity index (χ1n) is 8.16. The van der Waals surface area contributed by atoms with Crippen LogP contribution in [0.25, 0.3) is 6.08 Å². The number of para-hydroxylation sites is 1. The van der Waals surface area contributed by atoms with Crippen molar-refractivity contribution in [1.82, 2.24) is 0 Å². The van der Waals surface area contributed by atoms with Crippen molar-refractivity contribution >= 4 is 24.0 Å². The Balaban J connectivity index is 2.00. The first-order chi connectivity index (χ1) is 13.5. The zero-order chi connectivity index (χ0) is 20.4. The Morgan fingerprint density at radius 2 is 1.96 bits per heavy atom. The van der Waals surface area contributed by atoms with Gasteiger partial charge in [-0.3, -0.25) is 9.59 Å². The lowest BCUT2D eigenvalue weighted by molar-refractivity contribution is -0.975. The molecule has 0 aliphatic heterocycles. The molecule has 2 N–H and O–H groups in total. The van der Waals surface area contributed by atoms with E-state index in [1.807, 2.05) is 0 Å². The van der Waals surface area contributed by atoms with Crippen LogP contribution in [0.1, 0.15) is 15.9 Å². The number of nitrogens with one attached hydrogen (secondary N) is 1. The zero-order valence-electron chi connectivity index (χ0n) is 15.0. The quantitative estimate of drug-likeness (QED) is 0.279. The average molecular weight is 387 g/mol. The van der Waals surface area contributed by atoms with Gasteiger partial charge < -0.3 is 14.8 Å².